The molecule has 3 N–H and O–H groups in total. The summed E-state index contributed by atoms with van der Waals surface area (Å²) in [4.78, 5) is 40.7. The first-order valence-electron chi connectivity index (χ1n) is 11.2. The van der Waals surface area contributed by atoms with Crippen LogP contribution < -0.4 is 16.0 Å². The number of ether oxygens (including phenoxy) is 1. The molecule has 1 aliphatic heterocycles. The maximum absolute atomic E-state index is 13.9. The molecule has 1 heterocycles. The third-order valence-electron chi connectivity index (χ3n) is 5.06. The Morgan fingerprint density at radius 2 is 1.74 bits per heavy atom. The molecule has 1 aliphatic rings. The molecule has 34 heavy (non-hydrogen) atoms. The van der Waals surface area contributed by atoms with Crippen molar-refractivity contribution in [1.82, 2.24) is 4.90 Å². The third kappa shape index (κ3) is 7.73. The summed E-state index contributed by atoms with van der Waals surface area (Å²) < 4.78 is 32.9. The number of carbonyl (C=O) groups is 3. The second kappa shape index (κ2) is 10.8. The van der Waals surface area contributed by atoms with Crippen molar-refractivity contribution in [3.05, 3.63) is 23.8 Å². The minimum Gasteiger partial charge on any atom is -0.370 e. The quantitative estimate of drug-likeness (QED) is 0.554. The van der Waals surface area contributed by atoms with E-state index in [1.54, 1.807) is 4.90 Å². The molecule has 0 radical (unpaired) electrons. The topological polar surface area (TPSA) is 105 Å². The zero-order valence-corrected chi connectivity index (χ0v) is 20.8. The van der Waals surface area contributed by atoms with Gasteiger partial charge in [0.15, 0.2) is 6.04 Å². The Morgan fingerprint density at radius 1 is 1.15 bits per heavy atom. The fraction of sp³-hybridized carbons (Fsp3) is 0.625. The molecule has 0 aromatic heterocycles. The van der Waals surface area contributed by atoms with E-state index in [1.807, 2.05) is 41.5 Å². The first-order chi connectivity index (χ1) is 15.6. The van der Waals surface area contributed by atoms with Crippen LogP contribution in [-0.2, 0) is 19.1 Å². The highest BCUT2D eigenvalue weighted by Crippen LogP contribution is 2.32. The minimum absolute atomic E-state index is 0.125. The average molecular weight is 483 g/mol. The molecular weight excluding hydrogens is 446 g/mol. The number of amides is 3. The van der Waals surface area contributed by atoms with Crippen LogP contribution in [0, 0.1) is 10.8 Å². The van der Waals surface area contributed by atoms with E-state index >= 15 is 0 Å². The van der Waals surface area contributed by atoms with Gasteiger partial charge in [-0.25, -0.2) is 8.78 Å². The van der Waals surface area contributed by atoms with Crippen LogP contribution in [0.2, 0.25) is 0 Å². The van der Waals surface area contributed by atoms with Crippen molar-refractivity contribution in [3.8, 4) is 0 Å². The van der Waals surface area contributed by atoms with Crippen LogP contribution in [0.3, 0.4) is 0 Å². The SMILES string of the molecule is CC(C)(C)CN(CC(C)(C)C)[C@@H](C(N)=O)C(=O)Nc1ccc(N2CCOCC2=O)cc1C(F)F. The number of primary amides is 1. The summed E-state index contributed by atoms with van der Waals surface area (Å²) in [6, 6.07) is 2.62. The summed E-state index contributed by atoms with van der Waals surface area (Å²) in [6.45, 7) is 13.0. The van der Waals surface area contributed by atoms with Gasteiger partial charge in [-0.05, 0) is 29.0 Å². The minimum atomic E-state index is -2.92. The molecule has 0 unspecified atom stereocenters. The van der Waals surface area contributed by atoms with Crippen molar-refractivity contribution in [2.24, 2.45) is 16.6 Å². The molecule has 0 saturated carbocycles. The van der Waals surface area contributed by atoms with Crippen LogP contribution >= 0.6 is 0 Å². The van der Waals surface area contributed by atoms with Crippen LogP contribution in [0.1, 0.15) is 53.5 Å². The number of hydrogen-bond acceptors (Lipinski definition) is 5. The lowest BCUT2D eigenvalue weighted by Crippen LogP contribution is -2.56. The monoisotopic (exact) mass is 482 g/mol. The van der Waals surface area contributed by atoms with Crippen LogP contribution in [0.25, 0.3) is 0 Å². The van der Waals surface area contributed by atoms with E-state index in [4.69, 9.17) is 10.5 Å². The fourth-order valence-corrected chi connectivity index (χ4v) is 3.94. The average Bonchev–Trinajstić information content (AvgIpc) is 2.65. The standard InChI is InChI=1S/C24H36F2N4O4/c1-23(2,3)13-29(14-24(4,5)6)19(21(27)32)22(33)28-17-8-7-15(11-16(17)20(25)26)30-9-10-34-12-18(30)31/h7-8,11,19-20H,9-10,12-14H2,1-6H3,(H2,27,32)(H,28,33)/t19-/m0/s1. The molecule has 1 aromatic carbocycles. The maximum atomic E-state index is 13.9. The molecule has 10 heteroatoms. The summed E-state index contributed by atoms with van der Waals surface area (Å²) in [7, 11) is 0. The van der Waals surface area contributed by atoms with E-state index in [0.29, 0.717) is 19.7 Å². The lowest BCUT2D eigenvalue weighted by molar-refractivity contribution is -0.133. The van der Waals surface area contributed by atoms with Gasteiger partial charge in [0.25, 0.3) is 18.2 Å². The number of nitrogens with zero attached hydrogens (tertiary/aromatic N) is 2. The normalized spacial score (nSPS) is 16.2. The van der Waals surface area contributed by atoms with Gasteiger partial charge in [0.05, 0.1) is 6.61 Å². The number of rotatable bonds is 8. The second-order valence-electron chi connectivity index (χ2n) is 11.0. The van der Waals surface area contributed by atoms with Gasteiger partial charge in [-0.3, -0.25) is 19.3 Å². The summed E-state index contributed by atoms with van der Waals surface area (Å²) in [5.74, 6) is -1.98. The molecule has 190 valence electrons. The van der Waals surface area contributed by atoms with Crippen LogP contribution in [0.15, 0.2) is 18.2 Å². The van der Waals surface area contributed by atoms with Crippen molar-refractivity contribution >= 4 is 29.1 Å². The molecule has 0 aliphatic carbocycles. The van der Waals surface area contributed by atoms with E-state index in [1.165, 1.54) is 23.1 Å². The van der Waals surface area contributed by atoms with Crippen molar-refractivity contribution in [1.29, 1.82) is 0 Å². The van der Waals surface area contributed by atoms with Crippen LogP contribution in [-0.4, -0.2) is 61.5 Å². The Balaban J connectivity index is 2.37. The molecule has 1 fully saturated rings. The van der Waals surface area contributed by atoms with Gasteiger partial charge in [-0.2, -0.15) is 0 Å². The maximum Gasteiger partial charge on any atom is 0.265 e. The van der Waals surface area contributed by atoms with Crippen molar-refractivity contribution < 1.29 is 27.9 Å². The number of hydrogen-bond donors (Lipinski definition) is 2. The van der Waals surface area contributed by atoms with E-state index in [-0.39, 0.29) is 41.3 Å². The van der Waals surface area contributed by atoms with Gasteiger partial charge < -0.3 is 20.7 Å². The summed E-state index contributed by atoms with van der Waals surface area (Å²) in [6.07, 6.45) is -2.92. The van der Waals surface area contributed by atoms with Gasteiger partial charge in [0, 0.05) is 36.6 Å². The highest BCUT2D eigenvalue weighted by molar-refractivity contribution is 6.10. The predicted molar refractivity (Wildman–Crippen MR) is 127 cm³/mol. The predicted octanol–water partition coefficient (Wildman–Crippen LogP) is 3.17. The zero-order valence-electron chi connectivity index (χ0n) is 20.8. The van der Waals surface area contributed by atoms with E-state index < -0.39 is 29.8 Å². The van der Waals surface area contributed by atoms with Crippen molar-refractivity contribution in [2.75, 3.05) is 43.1 Å². The molecule has 2 rings (SSSR count). The molecule has 0 spiro atoms. The van der Waals surface area contributed by atoms with Crippen molar-refractivity contribution in [2.45, 2.75) is 54.0 Å². The van der Waals surface area contributed by atoms with Crippen molar-refractivity contribution in [3.63, 3.8) is 0 Å². The highest BCUT2D eigenvalue weighted by Gasteiger charge is 2.36. The highest BCUT2D eigenvalue weighted by atomic mass is 19.3. The fourth-order valence-electron chi connectivity index (χ4n) is 3.94. The first kappa shape index (κ1) is 27.7. The second-order valence-corrected chi connectivity index (χ2v) is 11.0. The Kier molecular flexibility index (Phi) is 8.76. The molecule has 0 bridgehead atoms. The molecule has 1 atom stereocenters. The summed E-state index contributed by atoms with van der Waals surface area (Å²) >= 11 is 0. The number of halogens is 2. The Labute approximate surface area is 199 Å². The Morgan fingerprint density at radius 3 is 2.21 bits per heavy atom. The molecular formula is C24H36F2N4O4. The van der Waals surface area contributed by atoms with E-state index in [9.17, 15) is 23.2 Å². The van der Waals surface area contributed by atoms with Gasteiger partial charge in [-0.1, -0.05) is 41.5 Å². The van der Waals surface area contributed by atoms with Crippen LogP contribution in [0.4, 0.5) is 20.2 Å². The van der Waals surface area contributed by atoms with E-state index in [0.717, 1.165) is 0 Å². The zero-order chi connectivity index (χ0) is 25.8. The summed E-state index contributed by atoms with van der Waals surface area (Å²) in [5, 5.41) is 2.48. The molecule has 3 amide bonds. The number of nitrogens with two attached hydrogens (primary N) is 1. The number of anilines is 2. The first-order valence-corrected chi connectivity index (χ1v) is 11.2. The molecule has 8 nitrogen and oxygen atoms in total. The number of alkyl halides is 2. The van der Waals surface area contributed by atoms with Gasteiger partial charge in [0.1, 0.15) is 6.61 Å². The van der Waals surface area contributed by atoms with Gasteiger partial charge in [-0.15, -0.1) is 0 Å². The number of nitrogens with one attached hydrogen (secondary N) is 1. The number of morpholine rings is 1. The smallest absolute Gasteiger partial charge is 0.265 e. The number of benzene rings is 1. The molecule has 1 saturated heterocycles. The molecule has 1 aromatic rings. The van der Waals surface area contributed by atoms with Gasteiger partial charge in [0.2, 0.25) is 5.91 Å². The number of carbonyl (C=O) groups excluding carboxylic acids is 3. The third-order valence-corrected chi connectivity index (χ3v) is 5.06. The Bertz CT molecular complexity index is 893. The summed E-state index contributed by atoms with van der Waals surface area (Å²) in [5.41, 5.74) is 4.82. The largest absolute Gasteiger partial charge is 0.370 e. The van der Waals surface area contributed by atoms with Gasteiger partial charge >= 0.3 is 0 Å². The van der Waals surface area contributed by atoms with E-state index in [2.05, 4.69) is 5.32 Å². The Hall–Kier alpha value is -2.59. The lowest BCUT2D eigenvalue weighted by atomic mass is 9.90. The lowest BCUT2D eigenvalue weighted by Gasteiger charge is -2.38. The van der Waals surface area contributed by atoms with Crippen LogP contribution in [0.5, 0.6) is 0 Å².